The predicted octanol–water partition coefficient (Wildman–Crippen LogP) is -1.43. The van der Waals surface area contributed by atoms with E-state index >= 15 is 0 Å². The van der Waals surface area contributed by atoms with Crippen molar-refractivity contribution in [2.75, 3.05) is 39.3 Å². The fraction of sp³-hybridized carbons (Fsp3) is 0.621. The van der Waals surface area contributed by atoms with Crippen molar-refractivity contribution < 1.29 is 58.2 Å². The Labute approximate surface area is 567 Å². The molecule has 2 aromatic rings. The van der Waals surface area contributed by atoms with Gasteiger partial charge in [-0.15, -0.1) is 0 Å². The highest BCUT2D eigenvalue weighted by Crippen LogP contribution is 2.39. The number of aliphatic imine (C=N–C) groups is 3. The maximum absolute atomic E-state index is 14.7. The Balaban J connectivity index is 1.31. The van der Waals surface area contributed by atoms with Gasteiger partial charge in [0.2, 0.25) is 53.2 Å². The number of nitrogens with zero attached hydrogens (tertiary/aromatic N) is 4. The third-order valence-corrected chi connectivity index (χ3v) is 17.2. The molecule has 2 saturated carbocycles. The van der Waals surface area contributed by atoms with Crippen LogP contribution >= 0.6 is 0 Å². The van der Waals surface area contributed by atoms with Crippen LogP contribution < -0.4 is 82.3 Å². The molecule has 0 spiro atoms. The zero-order valence-corrected chi connectivity index (χ0v) is 56.4. The van der Waals surface area contributed by atoms with E-state index in [9.17, 15) is 58.2 Å². The van der Waals surface area contributed by atoms with Crippen molar-refractivity contribution >= 4 is 77.0 Å². The summed E-state index contributed by atoms with van der Waals surface area (Å²) >= 11 is 0. The molecule has 3 aliphatic rings. The number of aliphatic carboxylic acids is 1. The maximum Gasteiger partial charge on any atom is 0.326 e. The highest BCUT2D eigenvalue weighted by atomic mass is 16.4. The highest BCUT2D eigenvalue weighted by molar-refractivity contribution is 5.98. The topological polar surface area (TPSA) is 516 Å². The lowest BCUT2D eigenvalue weighted by Gasteiger charge is -2.31. The van der Waals surface area contributed by atoms with E-state index in [2.05, 4.69) is 62.8 Å². The Morgan fingerprint density at radius 1 is 0.536 bits per heavy atom. The number of guanidine groups is 3. The maximum atomic E-state index is 14.7. The Bertz CT molecular complexity index is 3010. The molecule has 31 heteroatoms. The number of carboxylic acids is 1. The van der Waals surface area contributed by atoms with Crippen molar-refractivity contribution in [3.8, 4) is 5.75 Å². The molecule has 97 heavy (non-hydrogen) atoms. The Morgan fingerprint density at radius 3 is 1.53 bits per heavy atom. The van der Waals surface area contributed by atoms with E-state index < -0.39 is 126 Å². The Kier molecular flexibility index (Phi) is 32.6. The zero-order chi connectivity index (χ0) is 71.1. The quantitative estimate of drug-likeness (QED) is 0.0206. The number of rotatable bonds is 44. The molecule has 31 nitrogen and oxygen atoms in total. The molecule has 1 heterocycles. The first-order valence-electron chi connectivity index (χ1n) is 33.8. The summed E-state index contributed by atoms with van der Waals surface area (Å²) < 4.78 is 0. The second kappa shape index (κ2) is 40.3. The van der Waals surface area contributed by atoms with Crippen LogP contribution in [0.3, 0.4) is 0 Å². The molecule has 2 aromatic carbocycles. The zero-order valence-electron chi connectivity index (χ0n) is 56.4. The second-order valence-electron chi connectivity index (χ2n) is 26.1. The van der Waals surface area contributed by atoms with Crippen LogP contribution in [0.4, 0.5) is 0 Å². The number of aromatic hydroxyl groups is 1. The SMILES string of the molecule is CC[C@H](C)[C@H](NC(=O)[C@H](CCCN=C(N)N)NC(=O)[C@H](CCCN=C(N)N)NC(=O)[C@H](CC(C)C)NC(=O)[C@H](Cc1ccccc1)NC(=O)CNC(=O)CNC(=O)[C@H](Cc1ccc(O)cc1)NC(CC1CC1)CC1CC1)C(=O)N[C@@H](CCCN=C(N)N)C(=O)N1CCC[C@@H]1C(=O)O. The van der Waals surface area contributed by atoms with E-state index in [1.54, 1.807) is 68.4 Å². The normalized spacial score (nSPS) is 16.7. The van der Waals surface area contributed by atoms with Crippen molar-refractivity contribution in [2.24, 2.45) is 73.1 Å². The Morgan fingerprint density at radius 2 is 1.01 bits per heavy atom. The number of phenols is 1. The van der Waals surface area contributed by atoms with Crippen molar-refractivity contribution in [3.05, 3.63) is 65.7 Å². The van der Waals surface area contributed by atoms with Gasteiger partial charge in [0.1, 0.15) is 48.0 Å². The van der Waals surface area contributed by atoms with E-state index in [4.69, 9.17) is 34.4 Å². The van der Waals surface area contributed by atoms with Gasteiger partial charge >= 0.3 is 5.97 Å². The van der Waals surface area contributed by atoms with E-state index in [0.29, 0.717) is 36.7 Å². The second-order valence-corrected chi connectivity index (χ2v) is 26.1. The van der Waals surface area contributed by atoms with Crippen molar-refractivity contribution in [1.29, 1.82) is 0 Å². The molecular formula is C66H105N19O12. The summed E-state index contributed by atoms with van der Waals surface area (Å²) in [5.41, 5.74) is 34.9. The van der Waals surface area contributed by atoms with Gasteiger partial charge in [0.05, 0.1) is 19.1 Å². The molecule has 3 fully saturated rings. The molecule has 2 aliphatic carbocycles. The van der Waals surface area contributed by atoms with Gasteiger partial charge in [0, 0.05) is 38.6 Å². The fourth-order valence-corrected chi connectivity index (χ4v) is 11.5. The van der Waals surface area contributed by atoms with E-state index in [0.717, 1.165) is 44.1 Å². The molecule has 0 unspecified atom stereocenters. The number of nitrogens with two attached hydrogens (primary N) is 6. The first-order valence-corrected chi connectivity index (χ1v) is 33.8. The number of hydrogen-bond donors (Lipinski definition) is 17. The number of amides is 9. The summed E-state index contributed by atoms with van der Waals surface area (Å²) in [6, 6.07) is 5.65. The van der Waals surface area contributed by atoms with Crippen LogP contribution in [0.2, 0.25) is 0 Å². The van der Waals surface area contributed by atoms with Crippen LogP contribution in [0.5, 0.6) is 5.75 Å². The van der Waals surface area contributed by atoms with Gasteiger partial charge in [-0.25, -0.2) is 4.79 Å². The number of phenolic OH excluding ortho intramolecular Hbond substituents is 1. The average molecular weight is 1360 g/mol. The first-order chi connectivity index (χ1) is 46.2. The average Bonchev–Trinajstić information content (AvgIpc) is 1.76. The lowest BCUT2D eigenvalue weighted by molar-refractivity contribution is -0.149. The summed E-state index contributed by atoms with van der Waals surface area (Å²) in [5.74, 6) is -7.87. The molecule has 536 valence electrons. The van der Waals surface area contributed by atoms with E-state index in [1.807, 2.05) is 13.8 Å². The van der Waals surface area contributed by atoms with E-state index in [1.165, 1.54) is 4.90 Å². The van der Waals surface area contributed by atoms with Crippen LogP contribution in [0.15, 0.2) is 69.6 Å². The molecule has 0 aromatic heterocycles. The van der Waals surface area contributed by atoms with Gasteiger partial charge in [0.25, 0.3) is 0 Å². The van der Waals surface area contributed by atoms with Gasteiger partial charge in [-0.2, -0.15) is 0 Å². The number of carboxylic acid groups (broad SMARTS) is 1. The highest BCUT2D eigenvalue weighted by Gasteiger charge is 2.40. The van der Waals surface area contributed by atoms with Crippen molar-refractivity contribution in [1.82, 2.24) is 52.8 Å². The number of carbonyl (C=O) groups is 10. The molecule has 9 atom stereocenters. The van der Waals surface area contributed by atoms with Crippen LogP contribution in [-0.2, 0) is 60.8 Å². The van der Waals surface area contributed by atoms with E-state index in [-0.39, 0.29) is 120 Å². The molecule has 0 bridgehead atoms. The molecule has 5 rings (SSSR count). The summed E-state index contributed by atoms with van der Waals surface area (Å²) in [6.45, 7) is 6.32. The summed E-state index contributed by atoms with van der Waals surface area (Å²) in [4.78, 5) is 153. The fourth-order valence-electron chi connectivity index (χ4n) is 11.5. The number of hydrogen-bond acceptors (Lipinski definition) is 15. The minimum Gasteiger partial charge on any atom is -0.508 e. The number of benzene rings is 2. The third kappa shape index (κ3) is 29.3. The smallest absolute Gasteiger partial charge is 0.326 e. The molecular weight excluding hydrogens is 1250 g/mol. The third-order valence-electron chi connectivity index (χ3n) is 17.2. The van der Waals surface area contributed by atoms with Gasteiger partial charge < -0.3 is 97.4 Å². The minimum absolute atomic E-state index is 0.00858. The standard InChI is InChI=1S/C66H105N19O12/c1-5-39(4)55(61(94)82-48(17-11-29-75-66(71)72)62(95)85-30-12-18-52(85)63(96)97)84-58(91)47(16-10-28-74-65(69)70)80-57(90)46(15-9-27-73-64(67)68)81-59(92)49(31-38(2)3)83-60(93)51(34-40-13-7-6-8-14-40)79-54(88)37-76-53(87)36-77-56(89)50(35-43-23-25-45(86)26-24-43)78-44(32-41-19-20-41)33-42-21-22-42/h6-8,13-14,23-26,38-39,41-42,44,46-52,55,78,86H,5,9-12,15-22,27-37H2,1-4H3,(H,76,87)(H,77,89)(H,79,88)(H,80,90)(H,81,92)(H,82,94)(H,83,93)(H,84,91)(H,96,97)(H4,67,68,73)(H4,69,70,74)(H4,71,72,75)/t39-,46-,47-,48-,49-,50-,51-,52+,55-/m0/s1. The van der Waals surface area contributed by atoms with Gasteiger partial charge in [-0.3, -0.25) is 58.1 Å². The summed E-state index contributed by atoms with van der Waals surface area (Å²) in [7, 11) is 0. The Hall–Kier alpha value is -9.29. The lowest BCUT2D eigenvalue weighted by atomic mass is 9.96. The van der Waals surface area contributed by atoms with Gasteiger partial charge in [0.15, 0.2) is 17.9 Å². The molecule has 9 amide bonds. The van der Waals surface area contributed by atoms with Gasteiger partial charge in [-0.1, -0.05) is 102 Å². The number of nitrogens with one attached hydrogen (secondary N) is 9. The first kappa shape index (κ1) is 78.4. The van der Waals surface area contributed by atoms with Crippen LogP contribution in [0, 0.1) is 23.7 Å². The van der Waals surface area contributed by atoms with Gasteiger partial charge in [-0.05, 0) is 124 Å². The lowest BCUT2D eigenvalue weighted by Crippen LogP contribution is -2.61. The van der Waals surface area contributed by atoms with Crippen molar-refractivity contribution in [3.63, 3.8) is 0 Å². The largest absolute Gasteiger partial charge is 0.508 e. The summed E-state index contributed by atoms with van der Waals surface area (Å²) in [6.07, 6.45) is 8.07. The molecule has 23 N–H and O–H groups in total. The van der Waals surface area contributed by atoms with Crippen LogP contribution in [-0.4, -0.2) is 186 Å². The van der Waals surface area contributed by atoms with Crippen molar-refractivity contribution in [2.45, 2.75) is 198 Å². The molecule has 1 aliphatic heterocycles. The number of likely N-dealkylation sites (tertiary alicyclic amines) is 1. The summed E-state index contributed by atoms with van der Waals surface area (Å²) in [5, 5.41) is 45.1. The monoisotopic (exact) mass is 1360 g/mol. The molecule has 1 saturated heterocycles. The van der Waals surface area contributed by atoms with Crippen LogP contribution in [0.1, 0.15) is 142 Å². The molecule has 0 radical (unpaired) electrons. The minimum atomic E-state index is -1.41. The number of carbonyl (C=O) groups excluding carboxylic acids is 9. The van der Waals surface area contributed by atoms with Crippen LogP contribution in [0.25, 0.3) is 0 Å². The predicted molar refractivity (Wildman–Crippen MR) is 366 cm³/mol.